The van der Waals surface area contributed by atoms with Crippen LogP contribution in [0.15, 0.2) is 22.7 Å². The highest BCUT2D eigenvalue weighted by Crippen LogP contribution is 2.30. The molecule has 0 aromatic heterocycles. The first-order chi connectivity index (χ1) is 8.24. The Labute approximate surface area is 112 Å². The third-order valence-electron chi connectivity index (χ3n) is 4.44. The first-order valence-corrected chi connectivity index (χ1v) is 7.56. The number of benzene rings is 1. The minimum Gasteiger partial charge on any atom is -0.297 e. The summed E-state index contributed by atoms with van der Waals surface area (Å²) in [6.45, 7) is 3.71. The van der Waals surface area contributed by atoms with Gasteiger partial charge in [-0.05, 0) is 68.8 Å². The molecule has 1 aromatic carbocycles. The standard InChI is InChI=1S/C15H20BrN/c1-11-3-2-8-17(11)15-7-5-12-9-14(16)6-4-13(12)10-15/h4,6,9,11,15H,2-3,5,7-8,10H2,1H3. The van der Waals surface area contributed by atoms with Crippen LogP contribution in [-0.2, 0) is 12.8 Å². The molecule has 1 aliphatic heterocycles. The number of rotatable bonds is 1. The van der Waals surface area contributed by atoms with E-state index in [0.29, 0.717) is 0 Å². The summed E-state index contributed by atoms with van der Waals surface area (Å²) < 4.78 is 1.23. The van der Waals surface area contributed by atoms with Crippen molar-refractivity contribution in [2.45, 2.75) is 51.1 Å². The van der Waals surface area contributed by atoms with Crippen molar-refractivity contribution < 1.29 is 0 Å². The fourth-order valence-corrected chi connectivity index (χ4v) is 3.89. The van der Waals surface area contributed by atoms with Crippen LogP contribution in [-0.4, -0.2) is 23.5 Å². The number of halogens is 1. The molecule has 1 fully saturated rings. The van der Waals surface area contributed by atoms with Crippen LogP contribution in [0.5, 0.6) is 0 Å². The van der Waals surface area contributed by atoms with E-state index in [2.05, 4.69) is 46.0 Å². The zero-order valence-electron chi connectivity index (χ0n) is 10.5. The molecule has 1 aliphatic carbocycles. The topological polar surface area (TPSA) is 3.24 Å². The first kappa shape index (κ1) is 11.7. The zero-order valence-corrected chi connectivity index (χ0v) is 12.0. The van der Waals surface area contributed by atoms with E-state index in [1.54, 1.807) is 11.1 Å². The summed E-state index contributed by atoms with van der Waals surface area (Å²) in [6, 6.07) is 8.40. The van der Waals surface area contributed by atoms with E-state index < -0.39 is 0 Å². The van der Waals surface area contributed by atoms with Crippen molar-refractivity contribution in [3.63, 3.8) is 0 Å². The monoisotopic (exact) mass is 293 g/mol. The summed E-state index contributed by atoms with van der Waals surface area (Å²) in [7, 11) is 0. The van der Waals surface area contributed by atoms with Gasteiger partial charge >= 0.3 is 0 Å². The number of aryl methyl sites for hydroxylation is 1. The first-order valence-electron chi connectivity index (χ1n) is 6.77. The van der Waals surface area contributed by atoms with Gasteiger partial charge in [0.1, 0.15) is 0 Å². The maximum Gasteiger partial charge on any atom is 0.0178 e. The van der Waals surface area contributed by atoms with E-state index in [1.807, 2.05) is 0 Å². The second-order valence-electron chi connectivity index (χ2n) is 5.54. The Balaban J connectivity index is 1.78. The van der Waals surface area contributed by atoms with Crippen LogP contribution >= 0.6 is 15.9 Å². The van der Waals surface area contributed by atoms with Gasteiger partial charge in [-0.25, -0.2) is 0 Å². The number of nitrogens with zero attached hydrogens (tertiary/aromatic N) is 1. The lowest BCUT2D eigenvalue weighted by Gasteiger charge is -2.35. The average molecular weight is 294 g/mol. The fraction of sp³-hybridized carbons (Fsp3) is 0.600. The third-order valence-corrected chi connectivity index (χ3v) is 4.94. The molecule has 17 heavy (non-hydrogen) atoms. The van der Waals surface area contributed by atoms with Gasteiger partial charge in [-0.15, -0.1) is 0 Å². The molecule has 2 unspecified atom stereocenters. The molecule has 0 N–H and O–H groups in total. The molecule has 0 radical (unpaired) electrons. The van der Waals surface area contributed by atoms with Crippen LogP contribution in [0.1, 0.15) is 37.3 Å². The summed E-state index contributed by atoms with van der Waals surface area (Å²) in [5.41, 5.74) is 3.13. The van der Waals surface area contributed by atoms with Crippen LogP contribution < -0.4 is 0 Å². The van der Waals surface area contributed by atoms with Crippen molar-refractivity contribution in [2.75, 3.05) is 6.54 Å². The Morgan fingerprint density at radius 3 is 2.88 bits per heavy atom. The van der Waals surface area contributed by atoms with Gasteiger partial charge in [0.15, 0.2) is 0 Å². The highest BCUT2D eigenvalue weighted by Gasteiger charge is 2.30. The summed E-state index contributed by atoms with van der Waals surface area (Å²) in [4.78, 5) is 2.74. The van der Waals surface area contributed by atoms with Crippen LogP contribution in [0, 0.1) is 0 Å². The van der Waals surface area contributed by atoms with E-state index in [9.17, 15) is 0 Å². The normalized spacial score (nSPS) is 29.3. The van der Waals surface area contributed by atoms with Crippen molar-refractivity contribution >= 4 is 15.9 Å². The van der Waals surface area contributed by atoms with Gasteiger partial charge in [-0.3, -0.25) is 4.90 Å². The van der Waals surface area contributed by atoms with E-state index in [-0.39, 0.29) is 0 Å². The molecule has 0 spiro atoms. The molecule has 0 amide bonds. The highest BCUT2D eigenvalue weighted by atomic mass is 79.9. The number of hydrogen-bond acceptors (Lipinski definition) is 1. The predicted octanol–water partition coefficient (Wildman–Crippen LogP) is 3.79. The smallest absolute Gasteiger partial charge is 0.0178 e. The van der Waals surface area contributed by atoms with E-state index in [4.69, 9.17) is 0 Å². The Bertz CT molecular complexity index is 415. The van der Waals surface area contributed by atoms with Gasteiger partial charge in [-0.1, -0.05) is 22.0 Å². The van der Waals surface area contributed by atoms with Crippen molar-refractivity contribution in [2.24, 2.45) is 0 Å². The van der Waals surface area contributed by atoms with Crippen molar-refractivity contribution in [1.82, 2.24) is 4.90 Å². The van der Waals surface area contributed by atoms with Crippen molar-refractivity contribution in [3.05, 3.63) is 33.8 Å². The molecule has 1 aromatic rings. The van der Waals surface area contributed by atoms with Crippen molar-refractivity contribution in [3.8, 4) is 0 Å². The molecule has 2 heteroatoms. The van der Waals surface area contributed by atoms with Gasteiger partial charge < -0.3 is 0 Å². The van der Waals surface area contributed by atoms with E-state index in [1.165, 1.54) is 43.1 Å². The van der Waals surface area contributed by atoms with E-state index >= 15 is 0 Å². The maximum atomic E-state index is 3.57. The molecule has 1 nitrogen and oxygen atoms in total. The van der Waals surface area contributed by atoms with Gasteiger partial charge in [0, 0.05) is 16.6 Å². The minimum atomic E-state index is 0.793. The zero-order chi connectivity index (χ0) is 11.8. The summed E-state index contributed by atoms with van der Waals surface area (Å²) >= 11 is 3.57. The lowest BCUT2D eigenvalue weighted by atomic mass is 9.87. The number of hydrogen-bond donors (Lipinski definition) is 0. The molecule has 92 valence electrons. The lowest BCUT2D eigenvalue weighted by Crippen LogP contribution is -2.41. The van der Waals surface area contributed by atoms with Gasteiger partial charge in [0.25, 0.3) is 0 Å². The second kappa shape index (κ2) is 4.74. The lowest BCUT2D eigenvalue weighted by molar-refractivity contribution is 0.174. The number of likely N-dealkylation sites (tertiary alicyclic amines) is 1. The number of fused-ring (bicyclic) bond motifs is 1. The Morgan fingerprint density at radius 2 is 2.12 bits per heavy atom. The van der Waals surface area contributed by atoms with E-state index in [0.717, 1.165) is 12.1 Å². The predicted molar refractivity (Wildman–Crippen MR) is 75.4 cm³/mol. The molecule has 1 heterocycles. The summed E-state index contributed by atoms with van der Waals surface area (Å²) in [6.07, 6.45) is 6.64. The van der Waals surface area contributed by atoms with Crippen molar-refractivity contribution in [1.29, 1.82) is 0 Å². The molecule has 2 atom stereocenters. The Hall–Kier alpha value is -0.340. The van der Waals surface area contributed by atoms with Crippen LogP contribution in [0.3, 0.4) is 0 Å². The minimum absolute atomic E-state index is 0.793. The third kappa shape index (κ3) is 2.30. The average Bonchev–Trinajstić information content (AvgIpc) is 2.75. The second-order valence-corrected chi connectivity index (χ2v) is 6.45. The molecule has 3 rings (SSSR count). The molecular weight excluding hydrogens is 274 g/mol. The summed E-state index contributed by atoms with van der Waals surface area (Å²) in [5.74, 6) is 0. The Kier molecular flexibility index (Phi) is 3.27. The van der Waals surface area contributed by atoms with Gasteiger partial charge in [0.05, 0.1) is 0 Å². The fourth-order valence-electron chi connectivity index (χ4n) is 3.49. The molecule has 2 aliphatic rings. The largest absolute Gasteiger partial charge is 0.297 e. The van der Waals surface area contributed by atoms with Crippen LogP contribution in [0.25, 0.3) is 0 Å². The molecule has 1 saturated heterocycles. The molecule has 0 bridgehead atoms. The molecular formula is C15H20BrN. The Morgan fingerprint density at radius 1 is 1.24 bits per heavy atom. The van der Waals surface area contributed by atoms with Crippen LogP contribution in [0.4, 0.5) is 0 Å². The van der Waals surface area contributed by atoms with Crippen LogP contribution in [0.2, 0.25) is 0 Å². The SMILES string of the molecule is CC1CCCN1C1CCc2cc(Br)ccc2C1. The van der Waals surface area contributed by atoms with Gasteiger partial charge in [-0.2, -0.15) is 0 Å². The maximum absolute atomic E-state index is 3.57. The highest BCUT2D eigenvalue weighted by molar-refractivity contribution is 9.10. The molecule has 0 saturated carbocycles. The quantitative estimate of drug-likeness (QED) is 0.761. The van der Waals surface area contributed by atoms with Gasteiger partial charge in [0.2, 0.25) is 0 Å². The summed E-state index contributed by atoms with van der Waals surface area (Å²) in [5, 5.41) is 0.